The summed E-state index contributed by atoms with van der Waals surface area (Å²) in [4.78, 5) is 4.15. The van der Waals surface area contributed by atoms with Crippen LogP contribution in [0.15, 0.2) is 53.5 Å². The maximum Gasteiger partial charge on any atom is 0.411 e. The first-order chi connectivity index (χ1) is 12.9. The van der Waals surface area contributed by atoms with Gasteiger partial charge in [0.25, 0.3) is 0 Å². The molecule has 0 aliphatic rings. The number of benzene rings is 2. The SMILES string of the molecule is CN=C(NCc1ccc(Cl)cc1)NCc1cccc(COCC(F)(F)F)c1. The van der Waals surface area contributed by atoms with Gasteiger partial charge in [0.05, 0.1) is 6.61 Å². The molecule has 0 aliphatic carbocycles. The number of hydrogen-bond donors (Lipinski definition) is 2. The summed E-state index contributed by atoms with van der Waals surface area (Å²) in [5, 5.41) is 7.03. The van der Waals surface area contributed by atoms with Crippen LogP contribution in [0.2, 0.25) is 5.02 Å². The lowest BCUT2D eigenvalue weighted by Gasteiger charge is -2.13. The molecule has 146 valence electrons. The minimum absolute atomic E-state index is 0.0864. The van der Waals surface area contributed by atoms with Crippen LogP contribution < -0.4 is 10.6 Å². The number of ether oxygens (including phenoxy) is 1. The summed E-state index contributed by atoms with van der Waals surface area (Å²) in [5.74, 6) is 0.615. The van der Waals surface area contributed by atoms with Crippen molar-refractivity contribution in [2.24, 2.45) is 4.99 Å². The Morgan fingerprint density at radius 2 is 1.63 bits per heavy atom. The van der Waals surface area contributed by atoms with Gasteiger partial charge in [0, 0.05) is 25.2 Å². The van der Waals surface area contributed by atoms with Crippen LogP contribution in [0.25, 0.3) is 0 Å². The Morgan fingerprint density at radius 1 is 1.00 bits per heavy atom. The highest BCUT2D eigenvalue weighted by Gasteiger charge is 2.27. The highest BCUT2D eigenvalue weighted by Crippen LogP contribution is 2.16. The van der Waals surface area contributed by atoms with Crippen LogP contribution in [0, 0.1) is 0 Å². The van der Waals surface area contributed by atoms with Crippen molar-refractivity contribution >= 4 is 17.6 Å². The monoisotopic (exact) mass is 399 g/mol. The predicted octanol–water partition coefficient (Wildman–Crippen LogP) is 4.28. The fourth-order valence-electron chi connectivity index (χ4n) is 2.31. The molecule has 0 saturated carbocycles. The molecule has 0 aliphatic heterocycles. The fourth-order valence-corrected chi connectivity index (χ4v) is 2.43. The van der Waals surface area contributed by atoms with Gasteiger partial charge >= 0.3 is 6.18 Å². The Morgan fingerprint density at radius 3 is 2.26 bits per heavy atom. The molecule has 2 N–H and O–H groups in total. The summed E-state index contributed by atoms with van der Waals surface area (Å²) in [7, 11) is 1.67. The van der Waals surface area contributed by atoms with E-state index in [1.807, 2.05) is 30.3 Å². The van der Waals surface area contributed by atoms with Gasteiger partial charge in [-0.1, -0.05) is 48.0 Å². The standard InChI is InChI=1S/C19H21ClF3N3O/c1-24-18(25-10-14-5-7-17(20)8-6-14)26-11-15-3-2-4-16(9-15)12-27-13-19(21,22)23/h2-9H,10-13H2,1H3,(H2,24,25,26). The molecular weight excluding hydrogens is 379 g/mol. The molecule has 0 aromatic heterocycles. The van der Waals surface area contributed by atoms with Crippen molar-refractivity contribution in [3.63, 3.8) is 0 Å². The highest BCUT2D eigenvalue weighted by molar-refractivity contribution is 6.30. The molecule has 0 amide bonds. The van der Waals surface area contributed by atoms with E-state index in [4.69, 9.17) is 16.3 Å². The zero-order chi connectivity index (χ0) is 19.7. The van der Waals surface area contributed by atoms with Crippen LogP contribution in [-0.4, -0.2) is 25.8 Å². The molecule has 2 aromatic carbocycles. The molecule has 0 atom stereocenters. The van der Waals surface area contributed by atoms with Crippen molar-refractivity contribution in [1.82, 2.24) is 10.6 Å². The number of aliphatic imine (C=N–C) groups is 1. The average molecular weight is 400 g/mol. The normalized spacial score (nSPS) is 12.1. The summed E-state index contributed by atoms with van der Waals surface area (Å²) < 4.78 is 41.1. The van der Waals surface area contributed by atoms with Gasteiger partial charge in [-0.15, -0.1) is 0 Å². The van der Waals surface area contributed by atoms with Crippen molar-refractivity contribution in [2.45, 2.75) is 25.9 Å². The molecule has 4 nitrogen and oxygen atoms in total. The Kier molecular flexibility index (Phi) is 7.94. The van der Waals surface area contributed by atoms with Crippen LogP contribution in [0.4, 0.5) is 13.2 Å². The van der Waals surface area contributed by atoms with Gasteiger partial charge in [-0.25, -0.2) is 0 Å². The van der Waals surface area contributed by atoms with Crippen molar-refractivity contribution in [3.8, 4) is 0 Å². The van der Waals surface area contributed by atoms with E-state index >= 15 is 0 Å². The van der Waals surface area contributed by atoms with Gasteiger partial charge in [0.2, 0.25) is 0 Å². The molecule has 0 bridgehead atoms. The van der Waals surface area contributed by atoms with Crippen molar-refractivity contribution < 1.29 is 17.9 Å². The lowest BCUT2D eigenvalue weighted by atomic mass is 10.1. The third-order valence-electron chi connectivity index (χ3n) is 3.58. The Hall–Kier alpha value is -2.25. The van der Waals surface area contributed by atoms with Crippen LogP contribution in [0.1, 0.15) is 16.7 Å². The molecule has 0 unspecified atom stereocenters. The highest BCUT2D eigenvalue weighted by atomic mass is 35.5. The van der Waals surface area contributed by atoms with Crippen LogP contribution in [0.5, 0.6) is 0 Å². The summed E-state index contributed by atoms with van der Waals surface area (Å²) in [5.41, 5.74) is 2.66. The maximum atomic E-state index is 12.1. The average Bonchev–Trinajstić information content (AvgIpc) is 2.62. The van der Waals surface area contributed by atoms with Gasteiger partial charge in [-0.05, 0) is 28.8 Å². The number of halogens is 4. The first-order valence-electron chi connectivity index (χ1n) is 8.27. The minimum Gasteiger partial charge on any atom is -0.367 e. The van der Waals surface area contributed by atoms with Gasteiger partial charge in [0.15, 0.2) is 5.96 Å². The summed E-state index contributed by atoms with van der Waals surface area (Å²) in [6, 6.07) is 14.7. The third kappa shape index (κ3) is 8.32. The van der Waals surface area contributed by atoms with Crippen LogP contribution in [0.3, 0.4) is 0 Å². The molecule has 0 heterocycles. The van der Waals surface area contributed by atoms with Crippen molar-refractivity contribution in [1.29, 1.82) is 0 Å². The summed E-state index contributed by atoms with van der Waals surface area (Å²) in [6.45, 7) is -0.275. The maximum absolute atomic E-state index is 12.1. The molecule has 0 saturated heterocycles. The number of alkyl halides is 3. The molecule has 0 spiro atoms. The quantitative estimate of drug-likeness (QED) is 0.539. The van der Waals surface area contributed by atoms with E-state index in [9.17, 15) is 13.2 Å². The third-order valence-corrected chi connectivity index (χ3v) is 3.83. The second kappa shape index (κ2) is 10.2. The minimum atomic E-state index is -4.32. The molecular formula is C19H21ClF3N3O. The molecule has 0 radical (unpaired) electrons. The second-order valence-electron chi connectivity index (χ2n) is 5.83. The number of guanidine groups is 1. The van der Waals surface area contributed by atoms with Crippen LogP contribution >= 0.6 is 11.6 Å². The summed E-state index contributed by atoms with van der Waals surface area (Å²) >= 11 is 5.86. The van der Waals surface area contributed by atoms with E-state index in [1.54, 1.807) is 25.2 Å². The van der Waals surface area contributed by atoms with Crippen molar-refractivity contribution in [2.75, 3.05) is 13.7 Å². The first-order valence-corrected chi connectivity index (χ1v) is 8.65. The van der Waals surface area contributed by atoms with Gasteiger partial charge < -0.3 is 15.4 Å². The molecule has 0 fully saturated rings. The van der Waals surface area contributed by atoms with E-state index in [0.29, 0.717) is 29.6 Å². The Labute approximate surface area is 161 Å². The Bertz CT molecular complexity index is 749. The second-order valence-corrected chi connectivity index (χ2v) is 6.27. The smallest absolute Gasteiger partial charge is 0.367 e. The molecule has 2 aromatic rings. The fraction of sp³-hybridized carbons (Fsp3) is 0.316. The van der Waals surface area contributed by atoms with Gasteiger partial charge in [-0.2, -0.15) is 13.2 Å². The number of rotatable bonds is 7. The molecule has 27 heavy (non-hydrogen) atoms. The lowest BCUT2D eigenvalue weighted by molar-refractivity contribution is -0.176. The molecule has 2 rings (SSSR count). The lowest BCUT2D eigenvalue weighted by Crippen LogP contribution is -2.36. The van der Waals surface area contributed by atoms with E-state index in [1.165, 1.54) is 0 Å². The number of nitrogens with one attached hydrogen (secondary N) is 2. The predicted molar refractivity (Wildman–Crippen MR) is 101 cm³/mol. The van der Waals surface area contributed by atoms with E-state index in [0.717, 1.165) is 11.1 Å². The van der Waals surface area contributed by atoms with E-state index in [-0.39, 0.29) is 6.61 Å². The van der Waals surface area contributed by atoms with Crippen molar-refractivity contribution in [3.05, 3.63) is 70.2 Å². The number of hydrogen-bond acceptors (Lipinski definition) is 2. The first kappa shape index (κ1) is 21.1. The van der Waals surface area contributed by atoms with Gasteiger partial charge in [-0.3, -0.25) is 4.99 Å². The van der Waals surface area contributed by atoms with E-state index < -0.39 is 12.8 Å². The van der Waals surface area contributed by atoms with E-state index in [2.05, 4.69) is 15.6 Å². The Balaban J connectivity index is 1.81. The number of nitrogens with zero attached hydrogens (tertiary/aromatic N) is 1. The largest absolute Gasteiger partial charge is 0.411 e. The van der Waals surface area contributed by atoms with Crippen LogP contribution in [-0.2, 0) is 24.4 Å². The molecule has 8 heteroatoms. The topological polar surface area (TPSA) is 45.7 Å². The summed E-state index contributed by atoms with van der Waals surface area (Å²) in [6.07, 6.45) is -4.32. The zero-order valence-electron chi connectivity index (χ0n) is 14.8. The van der Waals surface area contributed by atoms with Gasteiger partial charge in [0.1, 0.15) is 6.61 Å². The zero-order valence-corrected chi connectivity index (χ0v) is 15.6.